The van der Waals surface area contributed by atoms with Crippen LogP contribution in [0.1, 0.15) is 102 Å². The largest absolute Gasteiger partial charge is 1.00 e. The summed E-state index contributed by atoms with van der Waals surface area (Å²) in [5.74, 6) is -0.0913. The van der Waals surface area contributed by atoms with Gasteiger partial charge in [0.15, 0.2) is 0 Å². The Bertz CT molecular complexity index is 648. The minimum Gasteiger partial charge on any atom is -1.00 e. The van der Waals surface area contributed by atoms with Crippen molar-refractivity contribution < 1.29 is 31.2 Å². The summed E-state index contributed by atoms with van der Waals surface area (Å²) in [7, 11) is 4.43. The molecular weight excluding hydrogens is 470 g/mol. The molecule has 0 spiro atoms. The highest BCUT2D eigenvalue weighted by molar-refractivity contribution is 5.69. The number of allylic oxidation sites excluding steroid dienone is 2. The van der Waals surface area contributed by atoms with Crippen molar-refractivity contribution in [2.75, 3.05) is 40.5 Å². The molecule has 0 fully saturated rings. The molecule has 5 heteroatoms. The van der Waals surface area contributed by atoms with E-state index in [9.17, 15) is 4.79 Å². The summed E-state index contributed by atoms with van der Waals surface area (Å²) >= 11 is 0. The van der Waals surface area contributed by atoms with Crippen LogP contribution in [0, 0.1) is 0 Å². The number of quaternary nitrogens is 1. The minimum atomic E-state index is -0.0913. The molecule has 208 valence electrons. The lowest BCUT2D eigenvalue weighted by Gasteiger charge is -2.29. The number of esters is 1. The van der Waals surface area contributed by atoms with Crippen LogP contribution >= 0.6 is 0 Å². The lowest BCUT2D eigenvalue weighted by molar-refractivity contribution is -0.904. The molecule has 4 nitrogen and oxygen atoms in total. The molecule has 0 N–H and O–H groups in total. The van der Waals surface area contributed by atoms with E-state index < -0.39 is 0 Å². The Morgan fingerprint density at radius 2 is 1.36 bits per heavy atom. The number of rotatable bonds is 23. The van der Waals surface area contributed by atoms with E-state index in [2.05, 4.69) is 57.4 Å². The van der Waals surface area contributed by atoms with Gasteiger partial charge in [0.1, 0.15) is 19.7 Å². The molecule has 0 saturated carbocycles. The first-order valence-corrected chi connectivity index (χ1v) is 14.3. The maximum Gasteiger partial charge on any atom is 0.305 e. The van der Waals surface area contributed by atoms with Gasteiger partial charge in [-0.25, -0.2) is 0 Å². The van der Waals surface area contributed by atoms with Gasteiger partial charge in [-0.2, -0.15) is 0 Å². The normalized spacial score (nSPS) is 11.5. The number of benzene rings is 1. The van der Waals surface area contributed by atoms with Gasteiger partial charge in [-0.05, 0) is 32.1 Å². The van der Waals surface area contributed by atoms with Gasteiger partial charge in [-0.3, -0.25) is 4.79 Å². The highest BCUT2D eigenvalue weighted by Gasteiger charge is 2.15. The molecule has 1 rings (SSSR count). The predicted octanol–water partition coefficient (Wildman–Crippen LogP) is 4.86. The summed E-state index contributed by atoms with van der Waals surface area (Å²) < 4.78 is 11.9. The van der Waals surface area contributed by atoms with Gasteiger partial charge in [0.2, 0.25) is 0 Å². The fourth-order valence-corrected chi connectivity index (χ4v) is 4.20. The smallest absolute Gasteiger partial charge is 0.305 e. The summed E-state index contributed by atoms with van der Waals surface area (Å²) in [5.41, 5.74) is 1.34. The Balaban J connectivity index is 0.0000122. The average molecular weight is 524 g/mol. The Kier molecular flexibility index (Phi) is 23.1. The second-order valence-corrected chi connectivity index (χ2v) is 10.5. The van der Waals surface area contributed by atoms with Crippen molar-refractivity contribution in [1.29, 1.82) is 0 Å². The number of hydrogen-bond acceptors (Lipinski definition) is 3. The Hall–Kier alpha value is -1.36. The van der Waals surface area contributed by atoms with Gasteiger partial charge in [-0.15, -0.1) is 0 Å². The third kappa shape index (κ3) is 21.9. The predicted molar refractivity (Wildman–Crippen MR) is 148 cm³/mol. The number of carbonyl (C=O) groups is 1. The molecule has 0 aliphatic carbocycles. The summed E-state index contributed by atoms with van der Waals surface area (Å²) in [4.78, 5) is 11.9. The van der Waals surface area contributed by atoms with Crippen LogP contribution in [0.15, 0.2) is 42.5 Å². The van der Waals surface area contributed by atoms with E-state index in [1.807, 2.05) is 6.07 Å². The van der Waals surface area contributed by atoms with Crippen molar-refractivity contribution in [1.82, 2.24) is 0 Å². The molecule has 0 amide bonds. The van der Waals surface area contributed by atoms with Gasteiger partial charge >= 0.3 is 5.97 Å². The third-order valence-corrected chi connectivity index (χ3v) is 6.43. The summed E-state index contributed by atoms with van der Waals surface area (Å²) in [6, 6.07) is 10.5. The highest BCUT2D eigenvalue weighted by atomic mass is 35.5. The zero-order valence-electron chi connectivity index (χ0n) is 23.5. The van der Waals surface area contributed by atoms with Crippen molar-refractivity contribution >= 4 is 5.97 Å². The third-order valence-electron chi connectivity index (χ3n) is 6.43. The molecule has 1 aromatic carbocycles. The fraction of sp³-hybridized carbons (Fsp3) is 0.710. The zero-order valence-corrected chi connectivity index (χ0v) is 24.3. The highest BCUT2D eigenvalue weighted by Crippen LogP contribution is 2.11. The number of ether oxygens (including phenoxy) is 2. The van der Waals surface area contributed by atoms with E-state index in [1.165, 1.54) is 76.2 Å². The molecule has 0 heterocycles. The Labute approximate surface area is 228 Å². The number of nitrogens with zero attached hydrogens (tertiary/aromatic N) is 1. The second-order valence-electron chi connectivity index (χ2n) is 10.5. The molecule has 0 radical (unpaired) electrons. The quantitative estimate of drug-likeness (QED) is 0.0888. The SMILES string of the molecule is CCCCCCCC/C=C\CCCCCCCC(=O)OCCOCC[N+](C)(C)Cc1ccccc1.[Cl-]. The van der Waals surface area contributed by atoms with Crippen molar-refractivity contribution in [3.05, 3.63) is 48.0 Å². The van der Waals surface area contributed by atoms with Gasteiger partial charge < -0.3 is 26.4 Å². The first-order chi connectivity index (χ1) is 17.0. The van der Waals surface area contributed by atoms with E-state index in [4.69, 9.17) is 9.47 Å². The standard InChI is InChI=1S/C31H54NO3.ClH/c1-4-5-6-7-8-9-10-11-12-13-14-15-16-17-21-24-31(33)35-28-27-34-26-25-32(2,3)29-30-22-19-18-20-23-30;/h11-12,18-20,22-23H,4-10,13-17,21,24-29H2,1-3H3;1H/q+1;/p-1/b12-11-;. The number of unbranched alkanes of at least 4 members (excludes halogenated alkanes) is 11. The van der Waals surface area contributed by atoms with Crippen LogP contribution in [0.25, 0.3) is 0 Å². The van der Waals surface area contributed by atoms with Crippen molar-refractivity contribution in [2.24, 2.45) is 0 Å². The summed E-state index contributed by atoms with van der Waals surface area (Å²) in [5, 5.41) is 0. The molecule has 0 aliphatic rings. The fourth-order valence-electron chi connectivity index (χ4n) is 4.20. The van der Waals surface area contributed by atoms with E-state index in [0.717, 1.165) is 30.4 Å². The van der Waals surface area contributed by atoms with E-state index in [-0.39, 0.29) is 18.4 Å². The van der Waals surface area contributed by atoms with Crippen LogP contribution in [0.4, 0.5) is 0 Å². The van der Waals surface area contributed by atoms with Gasteiger partial charge in [0.25, 0.3) is 0 Å². The van der Waals surface area contributed by atoms with Gasteiger partial charge in [0, 0.05) is 12.0 Å². The molecule has 0 unspecified atom stereocenters. The topological polar surface area (TPSA) is 35.5 Å². The van der Waals surface area contributed by atoms with Crippen LogP contribution < -0.4 is 12.4 Å². The molecule has 36 heavy (non-hydrogen) atoms. The number of likely N-dealkylation sites (N-methyl/N-ethyl adjacent to an activating group) is 1. The molecule has 0 saturated heterocycles. The number of hydrogen-bond donors (Lipinski definition) is 0. The Morgan fingerprint density at radius 3 is 2.00 bits per heavy atom. The van der Waals surface area contributed by atoms with E-state index in [1.54, 1.807) is 0 Å². The zero-order chi connectivity index (χ0) is 25.5. The van der Waals surface area contributed by atoms with Crippen LogP contribution in [-0.4, -0.2) is 50.9 Å². The van der Waals surface area contributed by atoms with Crippen LogP contribution in [0.3, 0.4) is 0 Å². The molecule has 0 atom stereocenters. The lowest BCUT2D eigenvalue weighted by atomic mass is 10.1. The van der Waals surface area contributed by atoms with Crippen molar-refractivity contribution in [3.8, 4) is 0 Å². The molecule has 0 bridgehead atoms. The maximum absolute atomic E-state index is 11.9. The minimum absolute atomic E-state index is 0. The van der Waals surface area contributed by atoms with Gasteiger partial charge in [-0.1, -0.05) is 101 Å². The van der Waals surface area contributed by atoms with E-state index >= 15 is 0 Å². The van der Waals surface area contributed by atoms with Crippen LogP contribution in [-0.2, 0) is 20.8 Å². The van der Waals surface area contributed by atoms with Crippen LogP contribution in [0.5, 0.6) is 0 Å². The summed E-state index contributed by atoms with van der Waals surface area (Å²) in [6.45, 7) is 5.68. The molecule has 1 aromatic rings. The van der Waals surface area contributed by atoms with Crippen LogP contribution in [0.2, 0.25) is 0 Å². The monoisotopic (exact) mass is 523 g/mol. The van der Waals surface area contributed by atoms with Crippen molar-refractivity contribution in [2.45, 2.75) is 103 Å². The molecule has 0 aromatic heterocycles. The Morgan fingerprint density at radius 1 is 0.778 bits per heavy atom. The van der Waals surface area contributed by atoms with Gasteiger partial charge in [0.05, 0.1) is 27.3 Å². The molecular formula is C31H54ClNO3. The first-order valence-electron chi connectivity index (χ1n) is 14.3. The van der Waals surface area contributed by atoms with E-state index in [0.29, 0.717) is 26.2 Å². The summed E-state index contributed by atoms with van der Waals surface area (Å²) in [6.07, 6.45) is 21.7. The number of carbonyl (C=O) groups excluding carboxylic acids is 1. The molecule has 0 aliphatic heterocycles. The first kappa shape index (κ1) is 34.6. The second kappa shape index (κ2) is 24.0. The number of halogens is 1. The van der Waals surface area contributed by atoms with Crippen molar-refractivity contribution in [3.63, 3.8) is 0 Å². The average Bonchev–Trinajstić information content (AvgIpc) is 2.84. The lowest BCUT2D eigenvalue weighted by Crippen LogP contribution is -3.00. The maximum atomic E-state index is 11.9.